The molecule has 9 heteroatoms. The predicted molar refractivity (Wildman–Crippen MR) is 102 cm³/mol. The van der Waals surface area contributed by atoms with Crippen LogP contribution in [0.3, 0.4) is 0 Å². The third kappa shape index (κ3) is 3.90. The second-order valence-electron chi connectivity index (χ2n) is 4.92. The number of carbonyl (C=O) groups is 1. The third-order valence-corrected chi connectivity index (χ3v) is 5.30. The van der Waals surface area contributed by atoms with E-state index in [4.69, 9.17) is 35.4 Å². The number of thiophene rings is 1. The van der Waals surface area contributed by atoms with Crippen molar-refractivity contribution in [3.8, 4) is 0 Å². The fraction of sp³-hybridized carbons (Fsp3) is 0. The van der Waals surface area contributed by atoms with Crippen LogP contribution in [0.4, 0.5) is 14.5 Å². The van der Waals surface area contributed by atoms with Gasteiger partial charge in [0.2, 0.25) is 0 Å². The van der Waals surface area contributed by atoms with Gasteiger partial charge in [-0.1, -0.05) is 29.3 Å². The summed E-state index contributed by atoms with van der Waals surface area (Å²) in [6, 6.07) is 8.06. The van der Waals surface area contributed by atoms with Crippen LogP contribution in [0.5, 0.6) is 0 Å². The van der Waals surface area contributed by atoms with E-state index in [1.165, 1.54) is 6.07 Å². The summed E-state index contributed by atoms with van der Waals surface area (Å²) in [6.07, 6.45) is 0. The van der Waals surface area contributed by atoms with Crippen molar-refractivity contribution in [2.75, 3.05) is 5.32 Å². The minimum absolute atomic E-state index is 0.0547. The topological polar surface area (TPSA) is 41.1 Å². The lowest BCUT2D eigenvalue weighted by Gasteiger charge is -2.09. The number of carbonyl (C=O) groups excluding carboxylic acids is 1. The molecule has 3 nitrogen and oxygen atoms in total. The number of rotatable bonds is 2. The van der Waals surface area contributed by atoms with E-state index in [9.17, 15) is 13.6 Å². The van der Waals surface area contributed by atoms with Crippen molar-refractivity contribution in [2.24, 2.45) is 0 Å². The number of halogens is 4. The van der Waals surface area contributed by atoms with Crippen LogP contribution >= 0.6 is 46.8 Å². The number of thiocarbonyl (C=S) groups is 1. The Labute approximate surface area is 160 Å². The summed E-state index contributed by atoms with van der Waals surface area (Å²) < 4.78 is 27.3. The highest BCUT2D eigenvalue weighted by atomic mass is 35.5. The van der Waals surface area contributed by atoms with E-state index in [-0.39, 0.29) is 20.7 Å². The molecular formula is C16H8Cl2F2N2OS2. The monoisotopic (exact) mass is 416 g/mol. The Morgan fingerprint density at radius 1 is 1.12 bits per heavy atom. The van der Waals surface area contributed by atoms with Gasteiger partial charge >= 0.3 is 0 Å². The SMILES string of the molecule is O=C(NC(=S)Nc1ccc(F)cc1F)c1sc2cc(Cl)ccc2c1Cl. The predicted octanol–water partition coefficient (Wildman–Crippen LogP) is 5.61. The smallest absolute Gasteiger partial charge is 0.269 e. The lowest BCUT2D eigenvalue weighted by molar-refractivity contribution is 0.0982. The van der Waals surface area contributed by atoms with Crippen molar-refractivity contribution in [1.82, 2.24) is 5.32 Å². The Kier molecular flexibility index (Phi) is 5.19. The van der Waals surface area contributed by atoms with E-state index in [2.05, 4.69) is 10.6 Å². The molecule has 1 heterocycles. The third-order valence-electron chi connectivity index (χ3n) is 3.20. The van der Waals surface area contributed by atoms with Gasteiger partial charge in [-0.3, -0.25) is 10.1 Å². The summed E-state index contributed by atoms with van der Waals surface area (Å²) in [5, 5.41) is 6.29. The van der Waals surface area contributed by atoms with Crippen LogP contribution in [0.2, 0.25) is 10.0 Å². The average Bonchev–Trinajstić information content (AvgIpc) is 2.86. The number of benzene rings is 2. The molecule has 0 radical (unpaired) electrons. The maximum Gasteiger partial charge on any atom is 0.269 e. The summed E-state index contributed by atoms with van der Waals surface area (Å²) in [5.74, 6) is -2.08. The van der Waals surface area contributed by atoms with Crippen LogP contribution in [0.15, 0.2) is 36.4 Å². The molecule has 0 fully saturated rings. The molecule has 2 aromatic carbocycles. The van der Waals surface area contributed by atoms with Crippen molar-refractivity contribution in [3.05, 3.63) is 63.0 Å². The number of hydrogen-bond acceptors (Lipinski definition) is 3. The van der Waals surface area contributed by atoms with Gasteiger partial charge in [-0.2, -0.15) is 0 Å². The van der Waals surface area contributed by atoms with Crippen LogP contribution in [-0.2, 0) is 0 Å². The minimum atomic E-state index is -0.828. The van der Waals surface area contributed by atoms with Gasteiger partial charge in [0.15, 0.2) is 5.11 Å². The molecule has 0 aliphatic carbocycles. The van der Waals surface area contributed by atoms with Crippen LogP contribution in [0.1, 0.15) is 9.67 Å². The van der Waals surface area contributed by atoms with Gasteiger partial charge in [0.1, 0.15) is 16.5 Å². The number of anilines is 1. The molecule has 0 aliphatic rings. The summed E-state index contributed by atoms with van der Waals surface area (Å²) in [5.41, 5.74) is -0.0547. The molecule has 1 amide bonds. The highest BCUT2D eigenvalue weighted by Gasteiger charge is 2.18. The Bertz CT molecular complexity index is 1010. The molecule has 0 unspecified atom stereocenters. The largest absolute Gasteiger partial charge is 0.330 e. The first-order chi connectivity index (χ1) is 11.8. The van der Waals surface area contributed by atoms with Crippen molar-refractivity contribution < 1.29 is 13.6 Å². The van der Waals surface area contributed by atoms with Gasteiger partial charge in [0, 0.05) is 21.2 Å². The molecule has 0 spiro atoms. The average molecular weight is 417 g/mol. The minimum Gasteiger partial charge on any atom is -0.330 e. The maximum atomic E-state index is 13.6. The molecule has 3 aromatic rings. The fourth-order valence-corrected chi connectivity index (χ4v) is 3.98. The molecular weight excluding hydrogens is 409 g/mol. The second kappa shape index (κ2) is 7.21. The summed E-state index contributed by atoms with van der Waals surface area (Å²) in [6.45, 7) is 0. The molecule has 0 bridgehead atoms. The number of nitrogens with one attached hydrogen (secondary N) is 2. The highest BCUT2D eigenvalue weighted by Crippen LogP contribution is 2.36. The molecule has 0 aliphatic heterocycles. The molecule has 0 atom stereocenters. The highest BCUT2D eigenvalue weighted by molar-refractivity contribution is 7.80. The molecule has 2 N–H and O–H groups in total. The van der Waals surface area contributed by atoms with E-state index in [1.54, 1.807) is 18.2 Å². The Morgan fingerprint density at radius 2 is 1.88 bits per heavy atom. The van der Waals surface area contributed by atoms with E-state index >= 15 is 0 Å². The van der Waals surface area contributed by atoms with Gasteiger partial charge in [-0.25, -0.2) is 8.78 Å². The zero-order valence-electron chi connectivity index (χ0n) is 12.2. The van der Waals surface area contributed by atoms with Gasteiger partial charge in [-0.15, -0.1) is 11.3 Å². The van der Waals surface area contributed by atoms with Crippen molar-refractivity contribution in [2.45, 2.75) is 0 Å². The van der Waals surface area contributed by atoms with Crippen molar-refractivity contribution in [1.29, 1.82) is 0 Å². The van der Waals surface area contributed by atoms with Crippen LogP contribution < -0.4 is 10.6 Å². The first-order valence-corrected chi connectivity index (χ1v) is 8.78. The van der Waals surface area contributed by atoms with Crippen LogP contribution in [-0.4, -0.2) is 11.0 Å². The Hall–Kier alpha value is -1.80. The quantitative estimate of drug-likeness (QED) is 0.533. The number of amides is 1. The van der Waals surface area contributed by atoms with Crippen LogP contribution in [0, 0.1) is 11.6 Å². The number of hydrogen-bond donors (Lipinski definition) is 2. The van der Waals surface area contributed by atoms with E-state index < -0.39 is 17.5 Å². The zero-order valence-corrected chi connectivity index (χ0v) is 15.3. The maximum absolute atomic E-state index is 13.6. The summed E-state index contributed by atoms with van der Waals surface area (Å²) >= 11 is 18.3. The first-order valence-electron chi connectivity index (χ1n) is 6.80. The van der Waals surface area contributed by atoms with Gasteiger partial charge < -0.3 is 5.32 Å². The molecule has 3 rings (SSSR count). The summed E-state index contributed by atoms with van der Waals surface area (Å²) in [4.78, 5) is 12.6. The van der Waals surface area contributed by atoms with Gasteiger partial charge in [-0.05, 0) is 36.5 Å². The Morgan fingerprint density at radius 3 is 2.60 bits per heavy atom. The Balaban J connectivity index is 1.77. The van der Waals surface area contributed by atoms with Crippen LogP contribution in [0.25, 0.3) is 10.1 Å². The molecule has 128 valence electrons. The molecule has 25 heavy (non-hydrogen) atoms. The molecule has 0 saturated carbocycles. The van der Waals surface area contributed by atoms with Gasteiger partial charge in [0.05, 0.1) is 10.7 Å². The fourth-order valence-electron chi connectivity index (χ4n) is 2.09. The van der Waals surface area contributed by atoms with E-state index in [0.29, 0.717) is 16.5 Å². The first kappa shape index (κ1) is 18.0. The lowest BCUT2D eigenvalue weighted by atomic mass is 10.2. The molecule has 1 aromatic heterocycles. The molecule has 0 saturated heterocycles. The lowest BCUT2D eigenvalue weighted by Crippen LogP contribution is -2.34. The summed E-state index contributed by atoms with van der Waals surface area (Å²) in [7, 11) is 0. The zero-order chi connectivity index (χ0) is 18.1. The van der Waals surface area contributed by atoms with Crippen molar-refractivity contribution in [3.63, 3.8) is 0 Å². The van der Waals surface area contributed by atoms with Crippen molar-refractivity contribution >= 4 is 73.5 Å². The van der Waals surface area contributed by atoms with E-state index in [0.717, 1.165) is 22.1 Å². The van der Waals surface area contributed by atoms with E-state index in [1.807, 2.05) is 0 Å². The second-order valence-corrected chi connectivity index (χ2v) is 7.19. The normalized spacial score (nSPS) is 10.7. The number of fused-ring (bicyclic) bond motifs is 1. The standard InChI is InChI=1S/C16H8Cl2F2N2OS2/c17-7-1-3-9-12(5-7)25-14(13(9)18)15(23)22-16(24)21-11-4-2-8(19)6-10(11)20/h1-6H,(H2,21,22,23,24). The van der Waals surface area contributed by atoms with Gasteiger partial charge in [0.25, 0.3) is 5.91 Å².